The Morgan fingerprint density at radius 2 is 1.78 bits per heavy atom. The number of hydrogen-bond acceptors (Lipinski definition) is 4. The number of amides is 1. The van der Waals surface area contributed by atoms with Gasteiger partial charge in [0.25, 0.3) is 5.91 Å². The largest absolute Gasteiger partial charge is 0.484 e. The minimum Gasteiger partial charge on any atom is -0.484 e. The van der Waals surface area contributed by atoms with Gasteiger partial charge < -0.3 is 19.5 Å². The predicted molar refractivity (Wildman–Crippen MR) is 87.3 cm³/mol. The number of nitrogens with one attached hydrogen (secondary N) is 1. The normalized spacial score (nSPS) is 12.1. The smallest absolute Gasteiger partial charge is 0.262 e. The van der Waals surface area contributed by atoms with E-state index in [1.54, 1.807) is 18.2 Å². The molecule has 3 rings (SSSR count). The van der Waals surface area contributed by atoms with Crippen molar-refractivity contribution >= 4 is 11.6 Å². The molecule has 2 aromatic carbocycles. The number of carbonyl (C=O) groups excluding carboxylic acids is 1. The summed E-state index contributed by atoms with van der Waals surface area (Å²) in [5, 5.41) is 2.91. The fourth-order valence-electron chi connectivity index (χ4n) is 2.67. The molecular formula is C18H19NO4. The molecule has 0 saturated carbocycles. The predicted octanol–water partition coefficient (Wildman–Crippen LogP) is 3.36. The van der Waals surface area contributed by atoms with Crippen LogP contribution in [-0.4, -0.2) is 19.3 Å². The van der Waals surface area contributed by atoms with Crippen LogP contribution in [0.4, 0.5) is 5.69 Å². The Hall–Kier alpha value is -2.69. The lowest BCUT2D eigenvalue weighted by atomic mass is 10.1. The Bertz CT molecular complexity index is 732. The van der Waals surface area contributed by atoms with Crippen LogP contribution in [0.15, 0.2) is 30.3 Å². The SMILES string of the molecule is Cc1cc(C)c(NC(=O)COc2ccc3c(c2)OCO3)c(C)c1. The van der Waals surface area contributed by atoms with Gasteiger partial charge in [0, 0.05) is 11.8 Å². The van der Waals surface area contributed by atoms with Crippen molar-refractivity contribution in [3.8, 4) is 17.2 Å². The molecule has 2 aromatic rings. The molecule has 0 fully saturated rings. The van der Waals surface area contributed by atoms with Gasteiger partial charge in [-0.1, -0.05) is 17.7 Å². The summed E-state index contributed by atoms with van der Waals surface area (Å²) in [6.45, 7) is 6.15. The summed E-state index contributed by atoms with van der Waals surface area (Å²) in [5.74, 6) is 1.69. The highest BCUT2D eigenvalue weighted by Gasteiger charge is 2.14. The van der Waals surface area contributed by atoms with Crippen molar-refractivity contribution in [1.29, 1.82) is 0 Å². The summed E-state index contributed by atoms with van der Waals surface area (Å²) < 4.78 is 16.0. The fraction of sp³-hybridized carbons (Fsp3) is 0.278. The summed E-state index contributed by atoms with van der Waals surface area (Å²) >= 11 is 0. The van der Waals surface area contributed by atoms with E-state index < -0.39 is 0 Å². The van der Waals surface area contributed by atoms with Crippen LogP contribution in [0.3, 0.4) is 0 Å². The van der Waals surface area contributed by atoms with Crippen molar-refractivity contribution in [1.82, 2.24) is 0 Å². The molecule has 5 nitrogen and oxygen atoms in total. The van der Waals surface area contributed by atoms with Gasteiger partial charge in [-0.3, -0.25) is 4.79 Å². The van der Waals surface area contributed by atoms with Gasteiger partial charge in [-0.2, -0.15) is 0 Å². The third kappa shape index (κ3) is 3.39. The zero-order valence-electron chi connectivity index (χ0n) is 13.4. The molecule has 1 amide bonds. The van der Waals surface area contributed by atoms with Gasteiger partial charge in [0.05, 0.1) is 0 Å². The monoisotopic (exact) mass is 313 g/mol. The van der Waals surface area contributed by atoms with E-state index in [2.05, 4.69) is 5.32 Å². The van der Waals surface area contributed by atoms with Crippen molar-refractivity contribution in [3.05, 3.63) is 47.0 Å². The average molecular weight is 313 g/mol. The van der Waals surface area contributed by atoms with Gasteiger partial charge in [-0.15, -0.1) is 0 Å². The van der Waals surface area contributed by atoms with Crippen LogP contribution in [-0.2, 0) is 4.79 Å². The number of anilines is 1. The number of fused-ring (bicyclic) bond motifs is 1. The number of carbonyl (C=O) groups is 1. The lowest BCUT2D eigenvalue weighted by Gasteiger charge is -2.13. The number of hydrogen-bond donors (Lipinski definition) is 1. The first-order chi connectivity index (χ1) is 11.0. The van der Waals surface area contributed by atoms with Crippen LogP contribution in [0, 0.1) is 20.8 Å². The standard InChI is InChI=1S/C18H19NO4/c1-11-6-12(2)18(13(3)7-11)19-17(20)9-21-14-4-5-15-16(8-14)23-10-22-15/h4-8H,9-10H2,1-3H3,(H,19,20). The molecule has 0 atom stereocenters. The molecule has 0 radical (unpaired) electrons. The summed E-state index contributed by atoms with van der Waals surface area (Å²) in [6, 6.07) is 9.33. The average Bonchev–Trinajstić information content (AvgIpc) is 2.96. The van der Waals surface area contributed by atoms with Crippen LogP contribution in [0.2, 0.25) is 0 Å². The zero-order valence-corrected chi connectivity index (χ0v) is 13.4. The van der Waals surface area contributed by atoms with E-state index in [1.165, 1.54) is 5.56 Å². The first-order valence-electron chi connectivity index (χ1n) is 7.43. The second-order valence-electron chi connectivity index (χ2n) is 5.63. The first kappa shape index (κ1) is 15.2. The van der Waals surface area contributed by atoms with Crippen molar-refractivity contribution in [2.75, 3.05) is 18.7 Å². The highest BCUT2D eigenvalue weighted by Crippen LogP contribution is 2.35. The van der Waals surface area contributed by atoms with Crippen molar-refractivity contribution in [3.63, 3.8) is 0 Å². The van der Waals surface area contributed by atoms with Gasteiger partial charge in [0.15, 0.2) is 18.1 Å². The van der Waals surface area contributed by atoms with Gasteiger partial charge in [-0.25, -0.2) is 0 Å². The minimum atomic E-state index is -0.197. The Balaban J connectivity index is 1.62. The molecule has 23 heavy (non-hydrogen) atoms. The first-order valence-corrected chi connectivity index (χ1v) is 7.43. The van der Waals surface area contributed by atoms with Crippen molar-refractivity contribution in [2.45, 2.75) is 20.8 Å². The van der Waals surface area contributed by atoms with E-state index in [4.69, 9.17) is 14.2 Å². The molecule has 5 heteroatoms. The number of aryl methyl sites for hydroxylation is 3. The van der Waals surface area contributed by atoms with Gasteiger partial charge in [0.1, 0.15) is 5.75 Å². The topological polar surface area (TPSA) is 56.8 Å². The summed E-state index contributed by atoms with van der Waals surface area (Å²) in [7, 11) is 0. The fourth-order valence-corrected chi connectivity index (χ4v) is 2.67. The van der Waals surface area contributed by atoms with Crippen LogP contribution in [0.1, 0.15) is 16.7 Å². The molecule has 0 aromatic heterocycles. The molecule has 1 N–H and O–H groups in total. The van der Waals surface area contributed by atoms with Crippen LogP contribution in [0.5, 0.6) is 17.2 Å². The zero-order chi connectivity index (χ0) is 16.4. The quantitative estimate of drug-likeness (QED) is 0.940. The molecule has 1 aliphatic rings. The molecular weight excluding hydrogens is 294 g/mol. The van der Waals surface area contributed by atoms with Crippen LogP contribution >= 0.6 is 0 Å². The van der Waals surface area contributed by atoms with E-state index in [0.29, 0.717) is 17.2 Å². The Morgan fingerprint density at radius 3 is 2.52 bits per heavy atom. The van der Waals surface area contributed by atoms with Gasteiger partial charge in [-0.05, 0) is 44.0 Å². The molecule has 120 valence electrons. The van der Waals surface area contributed by atoms with Crippen LogP contribution in [0.25, 0.3) is 0 Å². The van der Waals surface area contributed by atoms with E-state index in [-0.39, 0.29) is 19.3 Å². The van der Waals surface area contributed by atoms with E-state index >= 15 is 0 Å². The lowest BCUT2D eigenvalue weighted by molar-refractivity contribution is -0.118. The molecule has 0 spiro atoms. The maximum atomic E-state index is 12.1. The van der Waals surface area contributed by atoms with E-state index in [1.807, 2.05) is 32.9 Å². The van der Waals surface area contributed by atoms with Gasteiger partial charge in [0.2, 0.25) is 6.79 Å². The number of rotatable bonds is 4. The molecule has 0 unspecified atom stereocenters. The summed E-state index contributed by atoms with van der Waals surface area (Å²) in [5.41, 5.74) is 4.10. The second-order valence-corrected chi connectivity index (χ2v) is 5.63. The molecule has 0 aliphatic carbocycles. The van der Waals surface area contributed by atoms with E-state index in [9.17, 15) is 4.79 Å². The summed E-state index contributed by atoms with van der Waals surface area (Å²) in [6.07, 6.45) is 0. The second kappa shape index (κ2) is 6.20. The van der Waals surface area contributed by atoms with Crippen molar-refractivity contribution < 1.29 is 19.0 Å². The number of ether oxygens (including phenoxy) is 3. The Labute approximate surface area is 135 Å². The summed E-state index contributed by atoms with van der Waals surface area (Å²) in [4.78, 5) is 12.1. The maximum absolute atomic E-state index is 12.1. The molecule has 1 aliphatic heterocycles. The highest BCUT2D eigenvalue weighted by molar-refractivity contribution is 5.93. The Morgan fingerprint density at radius 1 is 1.09 bits per heavy atom. The third-order valence-electron chi connectivity index (χ3n) is 3.66. The maximum Gasteiger partial charge on any atom is 0.262 e. The minimum absolute atomic E-state index is 0.0631. The molecule has 0 saturated heterocycles. The molecule has 0 bridgehead atoms. The third-order valence-corrected chi connectivity index (χ3v) is 3.66. The highest BCUT2D eigenvalue weighted by atomic mass is 16.7. The van der Waals surface area contributed by atoms with E-state index in [0.717, 1.165) is 16.8 Å². The lowest BCUT2D eigenvalue weighted by Crippen LogP contribution is -2.21. The Kier molecular flexibility index (Phi) is 4.10. The van der Waals surface area contributed by atoms with Gasteiger partial charge >= 0.3 is 0 Å². The molecule has 1 heterocycles. The van der Waals surface area contributed by atoms with Crippen LogP contribution < -0.4 is 19.5 Å². The number of benzene rings is 2. The van der Waals surface area contributed by atoms with Crippen molar-refractivity contribution in [2.24, 2.45) is 0 Å².